The summed E-state index contributed by atoms with van der Waals surface area (Å²) in [6.45, 7) is 5.08. The molecular formula is C17H24F3N3O. The molecule has 2 heterocycles. The van der Waals surface area contributed by atoms with E-state index in [0.717, 1.165) is 32.1 Å². The Kier molecular flexibility index (Phi) is 6.60. The van der Waals surface area contributed by atoms with Crippen molar-refractivity contribution in [3.05, 3.63) is 29.1 Å². The van der Waals surface area contributed by atoms with E-state index in [2.05, 4.69) is 15.2 Å². The molecule has 1 N–H and O–H groups in total. The van der Waals surface area contributed by atoms with Gasteiger partial charge in [0.25, 0.3) is 5.91 Å². The average Bonchev–Trinajstić information content (AvgIpc) is 2.79. The molecule has 134 valence electrons. The van der Waals surface area contributed by atoms with Crippen molar-refractivity contribution in [1.29, 1.82) is 0 Å². The summed E-state index contributed by atoms with van der Waals surface area (Å²) in [5.74, 6) is -0.371. The van der Waals surface area contributed by atoms with Gasteiger partial charge in [0.1, 0.15) is 5.69 Å². The van der Waals surface area contributed by atoms with Crippen molar-refractivity contribution in [2.24, 2.45) is 0 Å². The van der Waals surface area contributed by atoms with E-state index in [-0.39, 0.29) is 17.2 Å². The topological polar surface area (TPSA) is 45.2 Å². The maximum Gasteiger partial charge on any atom is 0.433 e. The van der Waals surface area contributed by atoms with Gasteiger partial charge in [-0.05, 0) is 58.0 Å². The Bertz CT molecular complexity index is 553. The normalized spacial score (nSPS) is 16.7. The van der Waals surface area contributed by atoms with Crippen LogP contribution < -0.4 is 5.32 Å². The Hall–Kier alpha value is -1.63. The maximum atomic E-state index is 12.6. The maximum absolute atomic E-state index is 12.6. The Morgan fingerprint density at radius 3 is 2.46 bits per heavy atom. The molecule has 4 nitrogen and oxygen atoms in total. The van der Waals surface area contributed by atoms with Crippen molar-refractivity contribution in [3.8, 4) is 0 Å². The van der Waals surface area contributed by atoms with Gasteiger partial charge in [0.15, 0.2) is 0 Å². The lowest BCUT2D eigenvalue weighted by Crippen LogP contribution is -2.31. The second-order valence-corrected chi connectivity index (χ2v) is 6.19. The number of carbonyl (C=O) groups is 1. The number of rotatable bonds is 5. The van der Waals surface area contributed by atoms with Crippen LogP contribution in [-0.4, -0.2) is 42.0 Å². The number of nitrogens with zero attached hydrogens (tertiary/aromatic N) is 2. The molecule has 0 bridgehead atoms. The molecule has 1 aliphatic heterocycles. The highest BCUT2D eigenvalue weighted by molar-refractivity contribution is 5.95. The molecule has 1 saturated heterocycles. The number of aryl methyl sites for hydroxylation is 1. The highest BCUT2D eigenvalue weighted by Crippen LogP contribution is 2.28. The Morgan fingerprint density at radius 1 is 1.21 bits per heavy atom. The van der Waals surface area contributed by atoms with Gasteiger partial charge in [-0.25, -0.2) is 4.98 Å². The van der Waals surface area contributed by atoms with Crippen LogP contribution in [0.15, 0.2) is 12.1 Å². The molecule has 24 heavy (non-hydrogen) atoms. The van der Waals surface area contributed by atoms with Gasteiger partial charge in [-0.15, -0.1) is 0 Å². The van der Waals surface area contributed by atoms with Crippen LogP contribution in [0.5, 0.6) is 0 Å². The Morgan fingerprint density at radius 2 is 1.88 bits per heavy atom. The Labute approximate surface area is 140 Å². The van der Waals surface area contributed by atoms with Crippen LogP contribution in [0.25, 0.3) is 0 Å². The highest BCUT2D eigenvalue weighted by Gasteiger charge is 2.33. The summed E-state index contributed by atoms with van der Waals surface area (Å²) in [5.41, 5.74) is -0.690. The quantitative estimate of drug-likeness (QED) is 0.834. The van der Waals surface area contributed by atoms with Crippen LogP contribution in [0, 0.1) is 6.92 Å². The van der Waals surface area contributed by atoms with E-state index in [1.165, 1.54) is 38.7 Å². The second-order valence-electron chi connectivity index (χ2n) is 6.19. The van der Waals surface area contributed by atoms with Crippen LogP contribution in [0.4, 0.5) is 13.2 Å². The lowest BCUT2D eigenvalue weighted by atomic mass is 10.1. The monoisotopic (exact) mass is 343 g/mol. The molecule has 1 aliphatic rings. The number of likely N-dealkylation sites (tertiary alicyclic amines) is 1. The summed E-state index contributed by atoms with van der Waals surface area (Å²) in [4.78, 5) is 18.0. The van der Waals surface area contributed by atoms with Crippen LogP contribution in [0.2, 0.25) is 0 Å². The van der Waals surface area contributed by atoms with Gasteiger partial charge >= 0.3 is 6.18 Å². The highest BCUT2D eigenvalue weighted by atomic mass is 19.4. The first-order chi connectivity index (χ1) is 11.4. The third-order valence-corrected chi connectivity index (χ3v) is 4.26. The molecule has 0 saturated carbocycles. The number of alkyl halides is 3. The molecule has 1 amide bonds. The van der Waals surface area contributed by atoms with Crippen molar-refractivity contribution in [1.82, 2.24) is 15.2 Å². The standard InChI is InChI=1S/C17H24F3N3O/c1-13-14(7-8-15(22-13)17(18,19)20)16(24)21-9-6-12-23-10-4-2-3-5-11-23/h7-8H,2-6,9-12H2,1H3,(H,21,24). The largest absolute Gasteiger partial charge is 0.433 e. The predicted octanol–water partition coefficient (Wildman–Crippen LogP) is 3.40. The number of hydrogen-bond acceptors (Lipinski definition) is 3. The molecule has 1 fully saturated rings. The number of hydrogen-bond donors (Lipinski definition) is 1. The third kappa shape index (κ3) is 5.47. The van der Waals surface area contributed by atoms with Gasteiger partial charge in [0, 0.05) is 6.54 Å². The summed E-state index contributed by atoms with van der Waals surface area (Å²) in [6.07, 6.45) is 1.36. The van der Waals surface area contributed by atoms with Crippen molar-refractivity contribution in [2.45, 2.75) is 45.2 Å². The fourth-order valence-corrected chi connectivity index (χ4v) is 2.92. The fraction of sp³-hybridized carbons (Fsp3) is 0.647. The zero-order valence-corrected chi connectivity index (χ0v) is 14.0. The summed E-state index contributed by atoms with van der Waals surface area (Å²) >= 11 is 0. The van der Waals surface area contributed by atoms with Crippen molar-refractivity contribution in [3.63, 3.8) is 0 Å². The molecule has 0 unspecified atom stereocenters. The van der Waals surface area contributed by atoms with E-state index in [1.54, 1.807) is 0 Å². The number of pyridine rings is 1. The van der Waals surface area contributed by atoms with E-state index in [0.29, 0.717) is 6.54 Å². The minimum absolute atomic E-state index is 0.0924. The van der Waals surface area contributed by atoms with E-state index < -0.39 is 11.9 Å². The predicted molar refractivity (Wildman–Crippen MR) is 85.8 cm³/mol. The van der Waals surface area contributed by atoms with Gasteiger partial charge in [-0.1, -0.05) is 12.8 Å². The number of amides is 1. The van der Waals surface area contributed by atoms with Gasteiger partial charge < -0.3 is 10.2 Å². The zero-order valence-electron chi connectivity index (χ0n) is 14.0. The molecular weight excluding hydrogens is 319 g/mol. The first-order valence-electron chi connectivity index (χ1n) is 8.43. The Balaban J connectivity index is 1.80. The molecule has 0 radical (unpaired) electrons. The van der Waals surface area contributed by atoms with Gasteiger partial charge in [-0.2, -0.15) is 13.2 Å². The van der Waals surface area contributed by atoms with E-state index in [4.69, 9.17) is 0 Å². The lowest BCUT2D eigenvalue weighted by Gasteiger charge is -2.19. The zero-order chi connectivity index (χ0) is 17.6. The first kappa shape index (κ1) is 18.7. The number of halogens is 3. The van der Waals surface area contributed by atoms with Crippen molar-refractivity contribution >= 4 is 5.91 Å². The lowest BCUT2D eigenvalue weighted by molar-refractivity contribution is -0.141. The summed E-state index contributed by atoms with van der Waals surface area (Å²) in [5, 5.41) is 2.77. The summed E-state index contributed by atoms with van der Waals surface area (Å²) in [7, 11) is 0. The third-order valence-electron chi connectivity index (χ3n) is 4.26. The van der Waals surface area contributed by atoms with Crippen LogP contribution in [0.1, 0.15) is 53.8 Å². The molecule has 2 rings (SSSR count). The van der Waals surface area contributed by atoms with E-state index in [1.807, 2.05) is 0 Å². The average molecular weight is 343 g/mol. The van der Waals surface area contributed by atoms with Crippen molar-refractivity contribution < 1.29 is 18.0 Å². The van der Waals surface area contributed by atoms with Crippen molar-refractivity contribution in [2.75, 3.05) is 26.2 Å². The molecule has 0 spiro atoms. The number of aromatic nitrogens is 1. The minimum Gasteiger partial charge on any atom is -0.352 e. The molecule has 1 aromatic rings. The van der Waals surface area contributed by atoms with Gasteiger partial charge in [0.2, 0.25) is 0 Å². The van der Waals surface area contributed by atoms with Crippen LogP contribution in [-0.2, 0) is 6.18 Å². The van der Waals surface area contributed by atoms with Crippen LogP contribution >= 0.6 is 0 Å². The van der Waals surface area contributed by atoms with E-state index >= 15 is 0 Å². The SMILES string of the molecule is Cc1nc(C(F)(F)F)ccc1C(=O)NCCCN1CCCCCC1. The van der Waals surface area contributed by atoms with Gasteiger partial charge in [-0.3, -0.25) is 4.79 Å². The van der Waals surface area contributed by atoms with E-state index in [9.17, 15) is 18.0 Å². The first-order valence-corrected chi connectivity index (χ1v) is 8.43. The molecule has 0 aliphatic carbocycles. The fourth-order valence-electron chi connectivity index (χ4n) is 2.92. The summed E-state index contributed by atoms with van der Waals surface area (Å²) < 4.78 is 37.8. The molecule has 0 atom stereocenters. The molecule has 0 aromatic carbocycles. The van der Waals surface area contributed by atoms with Gasteiger partial charge in [0.05, 0.1) is 11.3 Å². The molecule has 7 heteroatoms. The second kappa shape index (κ2) is 8.46. The van der Waals surface area contributed by atoms with Crippen LogP contribution in [0.3, 0.4) is 0 Å². The smallest absolute Gasteiger partial charge is 0.352 e. The molecule has 1 aromatic heterocycles. The summed E-state index contributed by atoms with van der Waals surface area (Å²) in [6, 6.07) is 2.04. The minimum atomic E-state index is -4.49. The number of nitrogens with one attached hydrogen (secondary N) is 1. The number of carbonyl (C=O) groups excluding carboxylic acids is 1.